The summed E-state index contributed by atoms with van der Waals surface area (Å²) in [5, 5.41) is 11.3. The summed E-state index contributed by atoms with van der Waals surface area (Å²) >= 11 is 0. The molecule has 0 rings (SSSR count). The van der Waals surface area contributed by atoms with Gasteiger partial charge in [0, 0.05) is 12.7 Å². The number of alkyl carbamates (subject to hydrolysis) is 1. The molecule has 0 fully saturated rings. The van der Waals surface area contributed by atoms with Crippen molar-refractivity contribution in [3.63, 3.8) is 0 Å². The van der Waals surface area contributed by atoms with Crippen LogP contribution in [0.1, 0.15) is 154 Å². The maximum atomic E-state index is 11.5. The van der Waals surface area contributed by atoms with Crippen LogP contribution in [0.25, 0.3) is 0 Å². The van der Waals surface area contributed by atoms with Crippen LogP contribution in [-0.4, -0.2) is 43.5 Å². The summed E-state index contributed by atoms with van der Waals surface area (Å²) < 4.78 is 9.88. The predicted octanol–water partition coefficient (Wildman–Crippen LogP) is 8.80. The van der Waals surface area contributed by atoms with E-state index in [1.54, 1.807) is 0 Å². The molecular weight excluding hydrogens is 478 g/mol. The van der Waals surface area contributed by atoms with E-state index in [1.165, 1.54) is 135 Å². The minimum atomic E-state index is -0.494. The summed E-state index contributed by atoms with van der Waals surface area (Å²) in [6.45, 7) is 4.46. The highest BCUT2D eigenvalue weighted by atomic mass is 16.6. The molecule has 0 atom stereocenters. The van der Waals surface area contributed by atoms with Gasteiger partial charge in [0.1, 0.15) is 6.61 Å². The van der Waals surface area contributed by atoms with E-state index in [4.69, 9.17) is 14.6 Å². The Balaban J connectivity index is 3.12. The van der Waals surface area contributed by atoms with Crippen LogP contribution in [0.3, 0.4) is 0 Å². The van der Waals surface area contributed by atoms with Crippen molar-refractivity contribution in [1.82, 2.24) is 5.32 Å². The SMILES string of the molecule is C=CC(=O)OCCNC(=O)OCCCCCCCCCCCCCCCCCCCCCCCCCCO. The number of aliphatic hydroxyl groups is 1. The quantitative estimate of drug-likeness (QED) is 0.0541. The van der Waals surface area contributed by atoms with Crippen molar-refractivity contribution in [3.05, 3.63) is 12.7 Å². The summed E-state index contributed by atoms with van der Waals surface area (Å²) in [6.07, 6.45) is 32.3. The maximum Gasteiger partial charge on any atom is 0.407 e. The number of hydrogen-bond acceptors (Lipinski definition) is 5. The molecule has 0 aliphatic rings. The molecule has 0 unspecified atom stereocenters. The van der Waals surface area contributed by atoms with E-state index in [-0.39, 0.29) is 13.2 Å². The van der Waals surface area contributed by atoms with E-state index >= 15 is 0 Å². The van der Waals surface area contributed by atoms with Gasteiger partial charge in [0.25, 0.3) is 0 Å². The number of nitrogens with one attached hydrogen (secondary N) is 1. The van der Waals surface area contributed by atoms with Crippen molar-refractivity contribution in [3.8, 4) is 0 Å². The molecule has 0 bridgehead atoms. The zero-order valence-electron chi connectivity index (χ0n) is 24.7. The van der Waals surface area contributed by atoms with Crippen molar-refractivity contribution in [1.29, 1.82) is 0 Å². The Morgan fingerprint density at radius 2 is 0.868 bits per heavy atom. The second-order valence-electron chi connectivity index (χ2n) is 10.6. The fourth-order valence-corrected chi connectivity index (χ4v) is 4.68. The fourth-order valence-electron chi connectivity index (χ4n) is 4.68. The van der Waals surface area contributed by atoms with Gasteiger partial charge in [0.15, 0.2) is 0 Å². The van der Waals surface area contributed by atoms with Crippen LogP contribution in [-0.2, 0) is 14.3 Å². The summed E-state index contributed by atoms with van der Waals surface area (Å²) in [7, 11) is 0. The molecule has 0 saturated carbocycles. The monoisotopic (exact) mass is 539 g/mol. The minimum Gasteiger partial charge on any atom is -0.461 e. The number of ether oxygens (including phenoxy) is 2. The Morgan fingerprint density at radius 3 is 1.21 bits per heavy atom. The molecule has 6 heteroatoms. The first-order chi connectivity index (χ1) is 18.7. The number of carbonyl (C=O) groups excluding carboxylic acids is 2. The molecule has 0 aromatic carbocycles. The summed E-state index contributed by atoms with van der Waals surface area (Å²) in [5.74, 6) is -0.494. The maximum absolute atomic E-state index is 11.5. The average molecular weight is 540 g/mol. The normalized spacial score (nSPS) is 10.9. The number of esters is 1. The van der Waals surface area contributed by atoms with Gasteiger partial charge in [-0.3, -0.25) is 0 Å². The number of rotatable bonds is 30. The lowest BCUT2D eigenvalue weighted by Crippen LogP contribution is -2.28. The van der Waals surface area contributed by atoms with Crippen molar-refractivity contribution in [2.45, 2.75) is 154 Å². The molecule has 0 heterocycles. The van der Waals surface area contributed by atoms with Crippen LogP contribution < -0.4 is 5.32 Å². The Bertz CT molecular complexity index is 526. The third kappa shape index (κ3) is 30.7. The molecule has 6 nitrogen and oxygen atoms in total. The highest BCUT2D eigenvalue weighted by Gasteiger charge is 2.02. The summed E-state index contributed by atoms with van der Waals surface area (Å²) in [4.78, 5) is 22.4. The molecule has 2 N–H and O–H groups in total. The van der Waals surface area contributed by atoms with Crippen LogP contribution in [0, 0.1) is 0 Å². The van der Waals surface area contributed by atoms with Gasteiger partial charge in [0.2, 0.25) is 0 Å². The molecule has 224 valence electrons. The number of hydrogen-bond donors (Lipinski definition) is 2. The molecule has 38 heavy (non-hydrogen) atoms. The van der Waals surface area contributed by atoms with E-state index in [0.29, 0.717) is 13.2 Å². The van der Waals surface area contributed by atoms with E-state index in [9.17, 15) is 9.59 Å². The smallest absolute Gasteiger partial charge is 0.407 e. The average Bonchev–Trinajstić information content (AvgIpc) is 2.92. The van der Waals surface area contributed by atoms with Crippen molar-refractivity contribution < 1.29 is 24.2 Å². The van der Waals surface area contributed by atoms with Gasteiger partial charge >= 0.3 is 12.1 Å². The van der Waals surface area contributed by atoms with E-state index in [1.807, 2.05) is 0 Å². The fraction of sp³-hybridized carbons (Fsp3) is 0.875. The Morgan fingerprint density at radius 1 is 0.526 bits per heavy atom. The molecule has 0 aliphatic carbocycles. The Labute approximate surface area is 234 Å². The Kier molecular flexibility index (Phi) is 30.4. The lowest BCUT2D eigenvalue weighted by atomic mass is 10.0. The molecule has 0 spiro atoms. The number of carbonyl (C=O) groups is 2. The van der Waals surface area contributed by atoms with Crippen LogP contribution in [0.2, 0.25) is 0 Å². The van der Waals surface area contributed by atoms with Crippen LogP contribution in [0.15, 0.2) is 12.7 Å². The van der Waals surface area contributed by atoms with Crippen LogP contribution >= 0.6 is 0 Å². The molecule has 0 saturated heterocycles. The standard InChI is InChI=1S/C32H61NO5/c1-2-31(35)37-30-27-33-32(36)38-29-26-24-22-20-18-16-14-12-10-8-6-4-3-5-7-9-11-13-15-17-19-21-23-25-28-34/h2,34H,1,3-30H2,(H,33,36). The summed E-state index contributed by atoms with van der Waals surface area (Å²) in [5.41, 5.74) is 0. The molecule has 0 aromatic rings. The molecule has 0 aromatic heterocycles. The topological polar surface area (TPSA) is 84.9 Å². The third-order valence-corrected chi connectivity index (χ3v) is 7.07. The second-order valence-corrected chi connectivity index (χ2v) is 10.6. The zero-order chi connectivity index (χ0) is 27.8. The first-order valence-corrected chi connectivity index (χ1v) is 16.0. The van der Waals surface area contributed by atoms with Crippen LogP contribution in [0.4, 0.5) is 4.79 Å². The number of amides is 1. The third-order valence-electron chi connectivity index (χ3n) is 7.07. The van der Waals surface area contributed by atoms with Gasteiger partial charge in [-0.25, -0.2) is 9.59 Å². The molecule has 1 amide bonds. The predicted molar refractivity (Wildman–Crippen MR) is 158 cm³/mol. The molecule has 0 radical (unpaired) electrons. The largest absolute Gasteiger partial charge is 0.461 e. The first kappa shape index (κ1) is 36.4. The van der Waals surface area contributed by atoms with Crippen LogP contribution in [0.5, 0.6) is 0 Å². The van der Waals surface area contributed by atoms with Gasteiger partial charge in [0.05, 0.1) is 13.2 Å². The van der Waals surface area contributed by atoms with Crippen molar-refractivity contribution in [2.75, 3.05) is 26.4 Å². The molecule has 0 aliphatic heterocycles. The van der Waals surface area contributed by atoms with Gasteiger partial charge in [-0.1, -0.05) is 148 Å². The minimum absolute atomic E-state index is 0.121. The van der Waals surface area contributed by atoms with E-state index < -0.39 is 12.1 Å². The first-order valence-electron chi connectivity index (χ1n) is 16.0. The highest BCUT2D eigenvalue weighted by molar-refractivity contribution is 5.81. The van der Waals surface area contributed by atoms with Crippen molar-refractivity contribution in [2.24, 2.45) is 0 Å². The number of aliphatic hydroxyl groups excluding tert-OH is 1. The van der Waals surface area contributed by atoms with Crippen molar-refractivity contribution >= 4 is 12.1 Å². The van der Waals surface area contributed by atoms with E-state index in [2.05, 4.69) is 11.9 Å². The Hall–Kier alpha value is -1.56. The lowest BCUT2D eigenvalue weighted by Gasteiger charge is -2.07. The lowest BCUT2D eigenvalue weighted by molar-refractivity contribution is -0.137. The zero-order valence-corrected chi connectivity index (χ0v) is 24.7. The van der Waals surface area contributed by atoms with Gasteiger partial charge in [-0.15, -0.1) is 0 Å². The highest BCUT2D eigenvalue weighted by Crippen LogP contribution is 2.15. The van der Waals surface area contributed by atoms with Gasteiger partial charge < -0.3 is 19.9 Å². The number of unbranched alkanes of at least 4 members (excludes halogenated alkanes) is 23. The van der Waals surface area contributed by atoms with E-state index in [0.717, 1.165) is 25.3 Å². The molecular formula is C32H61NO5. The second kappa shape index (κ2) is 31.7. The summed E-state index contributed by atoms with van der Waals surface area (Å²) in [6, 6.07) is 0. The van der Waals surface area contributed by atoms with Gasteiger partial charge in [-0.2, -0.15) is 0 Å². The van der Waals surface area contributed by atoms with Gasteiger partial charge in [-0.05, 0) is 12.8 Å².